The highest BCUT2D eigenvalue weighted by Crippen LogP contribution is 2.25. The molecule has 1 aliphatic heterocycles. The van der Waals surface area contributed by atoms with E-state index in [0.717, 1.165) is 17.0 Å². The van der Waals surface area contributed by atoms with Crippen molar-refractivity contribution >= 4 is 11.7 Å². The van der Waals surface area contributed by atoms with Crippen molar-refractivity contribution in [1.29, 1.82) is 0 Å². The second kappa shape index (κ2) is 6.13. The lowest BCUT2D eigenvalue weighted by Gasteiger charge is -2.27. The summed E-state index contributed by atoms with van der Waals surface area (Å²) in [5, 5.41) is 12.6. The Hall–Kier alpha value is -2.44. The SMILES string of the molecule is CC(C)c1cc(C(=O)N2CCc3nnc(N)cc3C2)nn1C(C)(C)C. The fourth-order valence-corrected chi connectivity index (χ4v) is 3.13. The van der Waals surface area contributed by atoms with Gasteiger partial charge in [-0.3, -0.25) is 9.48 Å². The molecule has 7 nitrogen and oxygen atoms in total. The van der Waals surface area contributed by atoms with Crippen LogP contribution in [-0.2, 0) is 18.5 Å². The first-order valence-electron chi connectivity index (χ1n) is 8.67. The van der Waals surface area contributed by atoms with Gasteiger partial charge in [-0.1, -0.05) is 13.8 Å². The van der Waals surface area contributed by atoms with E-state index in [0.29, 0.717) is 36.9 Å². The minimum atomic E-state index is -0.170. The van der Waals surface area contributed by atoms with Crippen molar-refractivity contribution in [2.24, 2.45) is 0 Å². The van der Waals surface area contributed by atoms with Crippen molar-refractivity contribution < 1.29 is 4.79 Å². The van der Waals surface area contributed by atoms with Crippen molar-refractivity contribution in [3.8, 4) is 0 Å². The first-order valence-corrected chi connectivity index (χ1v) is 8.67. The summed E-state index contributed by atoms with van der Waals surface area (Å²) < 4.78 is 1.96. The average molecular weight is 342 g/mol. The van der Waals surface area contributed by atoms with E-state index < -0.39 is 0 Å². The minimum Gasteiger partial charge on any atom is -0.382 e. The first kappa shape index (κ1) is 17.4. The predicted molar refractivity (Wildman–Crippen MR) is 96.2 cm³/mol. The summed E-state index contributed by atoms with van der Waals surface area (Å²) in [4.78, 5) is 14.8. The maximum absolute atomic E-state index is 13.0. The van der Waals surface area contributed by atoms with Crippen LogP contribution in [0.4, 0.5) is 5.82 Å². The van der Waals surface area contributed by atoms with Crippen LogP contribution < -0.4 is 5.73 Å². The highest BCUT2D eigenvalue weighted by molar-refractivity contribution is 5.92. The zero-order valence-corrected chi connectivity index (χ0v) is 15.6. The van der Waals surface area contributed by atoms with Gasteiger partial charge in [0, 0.05) is 25.2 Å². The number of nitrogens with two attached hydrogens (primary N) is 1. The van der Waals surface area contributed by atoms with E-state index in [1.165, 1.54) is 0 Å². The topological polar surface area (TPSA) is 89.9 Å². The Kier molecular flexibility index (Phi) is 4.26. The Bertz CT molecular complexity index is 802. The van der Waals surface area contributed by atoms with Crippen LogP contribution in [0.25, 0.3) is 0 Å². The van der Waals surface area contributed by atoms with Crippen LogP contribution in [-0.4, -0.2) is 37.3 Å². The van der Waals surface area contributed by atoms with Crippen LogP contribution in [0.2, 0.25) is 0 Å². The molecule has 0 atom stereocenters. The largest absolute Gasteiger partial charge is 0.382 e. The smallest absolute Gasteiger partial charge is 0.274 e. The predicted octanol–water partition coefficient (Wildman–Crippen LogP) is 2.33. The molecule has 3 heterocycles. The number of rotatable bonds is 2. The molecule has 2 N–H and O–H groups in total. The van der Waals surface area contributed by atoms with Crippen LogP contribution in [0, 0.1) is 0 Å². The van der Waals surface area contributed by atoms with Gasteiger partial charge in [0.2, 0.25) is 0 Å². The van der Waals surface area contributed by atoms with Gasteiger partial charge in [-0.05, 0) is 44.4 Å². The second-order valence-corrected chi connectivity index (χ2v) is 7.91. The summed E-state index contributed by atoms with van der Waals surface area (Å²) in [7, 11) is 0. The van der Waals surface area contributed by atoms with Crippen LogP contribution in [0.1, 0.15) is 68.0 Å². The average Bonchev–Trinajstić information content (AvgIpc) is 2.99. The van der Waals surface area contributed by atoms with Crippen molar-refractivity contribution in [3.05, 3.63) is 34.8 Å². The monoisotopic (exact) mass is 342 g/mol. The Labute approximate surface area is 148 Å². The lowest BCUT2D eigenvalue weighted by molar-refractivity contribution is 0.0725. The number of nitrogen functional groups attached to an aromatic ring is 1. The van der Waals surface area contributed by atoms with Crippen molar-refractivity contribution in [3.63, 3.8) is 0 Å². The molecule has 0 bridgehead atoms. The summed E-state index contributed by atoms with van der Waals surface area (Å²) in [5.41, 5.74) is 9.01. The number of anilines is 1. The molecular weight excluding hydrogens is 316 g/mol. The van der Waals surface area contributed by atoms with E-state index in [-0.39, 0.29) is 11.4 Å². The highest BCUT2D eigenvalue weighted by Gasteiger charge is 2.28. The van der Waals surface area contributed by atoms with Gasteiger partial charge < -0.3 is 10.6 Å². The van der Waals surface area contributed by atoms with Gasteiger partial charge in [0.05, 0.1) is 11.2 Å². The third kappa shape index (κ3) is 3.36. The van der Waals surface area contributed by atoms with Gasteiger partial charge in [0.15, 0.2) is 5.69 Å². The van der Waals surface area contributed by atoms with Gasteiger partial charge in [0.25, 0.3) is 5.91 Å². The van der Waals surface area contributed by atoms with Crippen LogP contribution in [0.15, 0.2) is 12.1 Å². The lowest BCUT2D eigenvalue weighted by atomic mass is 10.0. The van der Waals surface area contributed by atoms with Gasteiger partial charge in [-0.25, -0.2) is 0 Å². The Morgan fingerprint density at radius 3 is 2.56 bits per heavy atom. The number of nitrogens with zero attached hydrogens (tertiary/aromatic N) is 5. The lowest BCUT2D eigenvalue weighted by Crippen LogP contribution is -2.37. The molecular formula is C18H26N6O. The summed E-state index contributed by atoms with van der Waals surface area (Å²) in [6.07, 6.45) is 0.686. The molecule has 0 spiro atoms. The molecule has 25 heavy (non-hydrogen) atoms. The molecule has 1 aliphatic rings. The normalized spacial score (nSPS) is 14.7. The fraction of sp³-hybridized carbons (Fsp3) is 0.556. The molecule has 0 aromatic carbocycles. The molecule has 0 radical (unpaired) electrons. The van der Waals surface area contributed by atoms with Crippen LogP contribution in [0.5, 0.6) is 0 Å². The molecule has 2 aromatic rings. The number of fused-ring (bicyclic) bond motifs is 1. The molecule has 1 amide bonds. The van der Waals surface area contributed by atoms with Crippen LogP contribution in [0.3, 0.4) is 0 Å². The Balaban J connectivity index is 1.89. The number of carbonyl (C=O) groups is 1. The molecule has 0 saturated carbocycles. The quantitative estimate of drug-likeness (QED) is 0.904. The van der Waals surface area contributed by atoms with E-state index in [9.17, 15) is 4.79 Å². The van der Waals surface area contributed by atoms with E-state index in [2.05, 4.69) is 49.9 Å². The molecule has 7 heteroatoms. The van der Waals surface area contributed by atoms with E-state index in [1.54, 1.807) is 6.07 Å². The van der Waals surface area contributed by atoms with Crippen molar-refractivity contribution in [2.45, 2.75) is 59.0 Å². The molecule has 134 valence electrons. The first-order chi connectivity index (χ1) is 11.7. The van der Waals surface area contributed by atoms with E-state index in [1.807, 2.05) is 15.6 Å². The zero-order valence-electron chi connectivity index (χ0n) is 15.6. The number of carbonyl (C=O) groups excluding carboxylic acids is 1. The van der Waals surface area contributed by atoms with Gasteiger partial charge in [-0.15, -0.1) is 5.10 Å². The molecule has 0 fully saturated rings. The fourth-order valence-electron chi connectivity index (χ4n) is 3.13. The standard InChI is InChI=1S/C18H26N6O/c1-11(2)15-9-14(22-24(15)18(3,4)5)17(25)23-7-6-13-12(10-23)8-16(19)21-20-13/h8-9,11H,6-7,10H2,1-5H3,(H2,19,21). The minimum absolute atomic E-state index is 0.0501. The second-order valence-electron chi connectivity index (χ2n) is 7.91. The number of hydrogen-bond acceptors (Lipinski definition) is 5. The number of amides is 1. The van der Waals surface area contributed by atoms with Gasteiger partial charge in [0.1, 0.15) is 5.82 Å². The number of hydrogen-bond donors (Lipinski definition) is 1. The van der Waals surface area contributed by atoms with Crippen LogP contribution >= 0.6 is 0 Å². The Morgan fingerprint density at radius 1 is 1.24 bits per heavy atom. The summed E-state index contributed by atoms with van der Waals surface area (Å²) >= 11 is 0. The van der Waals surface area contributed by atoms with E-state index in [4.69, 9.17) is 5.73 Å². The third-order valence-electron chi connectivity index (χ3n) is 4.43. The van der Waals surface area contributed by atoms with Crippen molar-refractivity contribution in [2.75, 3.05) is 12.3 Å². The van der Waals surface area contributed by atoms with Gasteiger partial charge >= 0.3 is 0 Å². The van der Waals surface area contributed by atoms with Crippen molar-refractivity contribution in [1.82, 2.24) is 24.9 Å². The zero-order chi connectivity index (χ0) is 18.4. The summed E-state index contributed by atoms with van der Waals surface area (Å²) in [6.45, 7) is 11.6. The summed E-state index contributed by atoms with van der Waals surface area (Å²) in [6, 6.07) is 3.72. The van der Waals surface area contributed by atoms with E-state index >= 15 is 0 Å². The Morgan fingerprint density at radius 2 is 1.96 bits per heavy atom. The molecule has 0 saturated heterocycles. The molecule has 0 unspecified atom stereocenters. The molecule has 3 rings (SSSR count). The molecule has 2 aromatic heterocycles. The third-order valence-corrected chi connectivity index (χ3v) is 4.43. The maximum atomic E-state index is 13.0. The maximum Gasteiger partial charge on any atom is 0.274 e. The number of aromatic nitrogens is 4. The highest BCUT2D eigenvalue weighted by atomic mass is 16.2. The summed E-state index contributed by atoms with van der Waals surface area (Å²) in [5.74, 6) is 0.628. The molecule has 0 aliphatic carbocycles. The van der Waals surface area contributed by atoms with Gasteiger partial charge in [-0.2, -0.15) is 10.2 Å².